The second kappa shape index (κ2) is 5.50. The van der Waals surface area contributed by atoms with Crippen molar-refractivity contribution in [3.8, 4) is 0 Å². The molecule has 1 saturated carbocycles. The number of carboxylic acid groups (broad SMARTS) is 1. The molecule has 3 rings (SSSR count). The zero-order valence-corrected chi connectivity index (χ0v) is 14.8. The lowest BCUT2D eigenvalue weighted by Crippen LogP contribution is -2.61. The van der Waals surface area contributed by atoms with Crippen LogP contribution in [0.3, 0.4) is 0 Å². The number of nitrogens with zero attached hydrogens (tertiary/aromatic N) is 2. The third-order valence-electron chi connectivity index (χ3n) is 4.93. The number of aliphatic hydroxyl groups excluding tert-OH is 1. The highest BCUT2D eigenvalue weighted by atomic mass is 32.2. The summed E-state index contributed by atoms with van der Waals surface area (Å²) in [5.74, 6) is -1.28. The highest BCUT2D eigenvalue weighted by molar-refractivity contribution is 8.04. The van der Waals surface area contributed by atoms with E-state index in [0.717, 1.165) is 28.8 Å². The van der Waals surface area contributed by atoms with Crippen LogP contribution in [-0.2, 0) is 9.59 Å². The van der Waals surface area contributed by atoms with Crippen LogP contribution >= 0.6 is 11.8 Å². The van der Waals surface area contributed by atoms with Crippen molar-refractivity contribution >= 4 is 23.6 Å². The van der Waals surface area contributed by atoms with Crippen molar-refractivity contribution in [2.45, 2.75) is 31.2 Å². The molecule has 2 fully saturated rings. The molecule has 0 aromatic rings. The molecule has 1 aliphatic carbocycles. The van der Waals surface area contributed by atoms with Crippen molar-refractivity contribution in [3.05, 3.63) is 10.6 Å². The summed E-state index contributed by atoms with van der Waals surface area (Å²) in [4.78, 5) is 25.8. The van der Waals surface area contributed by atoms with E-state index in [1.807, 2.05) is 0 Å². The van der Waals surface area contributed by atoms with Gasteiger partial charge < -0.3 is 19.5 Å². The Hall–Kier alpha value is -1.05. The molecule has 0 aromatic heterocycles. The van der Waals surface area contributed by atoms with Gasteiger partial charge in [-0.3, -0.25) is 9.69 Å². The van der Waals surface area contributed by atoms with Gasteiger partial charge in [0.2, 0.25) is 5.91 Å². The van der Waals surface area contributed by atoms with Crippen molar-refractivity contribution in [2.24, 2.45) is 17.8 Å². The molecule has 1 saturated heterocycles. The summed E-state index contributed by atoms with van der Waals surface area (Å²) in [7, 11) is 6.46. The zero-order valence-electron chi connectivity index (χ0n) is 14.0. The smallest absolute Gasteiger partial charge is 0.236 e. The predicted molar refractivity (Wildman–Crippen MR) is 84.5 cm³/mol. The Kier molecular flexibility index (Phi) is 4.01. The van der Waals surface area contributed by atoms with E-state index in [4.69, 9.17) is 0 Å². The van der Waals surface area contributed by atoms with Gasteiger partial charge in [-0.15, -0.1) is 11.8 Å². The molecule has 1 N–H and O–H groups in total. The molecule has 2 aliphatic heterocycles. The molecular weight excluding hydrogens is 316 g/mol. The minimum absolute atomic E-state index is 0.0515. The quantitative estimate of drug-likeness (QED) is 0.544. The number of carbonyl (C=O) groups is 2. The third-order valence-corrected chi connectivity index (χ3v) is 6.46. The Morgan fingerprint density at radius 1 is 1.43 bits per heavy atom. The van der Waals surface area contributed by atoms with Crippen LogP contribution in [0.15, 0.2) is 10.6 Å². The Morgan fingerprint density at radius 3 is 2.52 bits per heavy atom. The van der Waals surface area contributed by atoms with Crippen LogP contribution in [0.2, 0.25) is 0 Å². The van der Waals surface area contributed by atoms with Gasteiger partial charge in [0.1, 0.15) is 5.37 Å². The first-order valence-electron chi connectivity index (χ1n) is 8.04. The fourth-order valence-corrected chi connectivity index (χ4v) is 5.70. The first-order valence-corrected chi connectivity index (χ1v) is 8.92. The van der Waals surface area contributed by atoms with Gasteiger partial charge in [0.25, 0.3) is 0 Å². The van der Waals surface area contributed by atoms with Crippen LogP contribution in [0.25, 0.3) is 0 Å². The number of quaternary nitrogens is 1. The molecule has 0 aromatic carbocycles. The third kappa shape index (κ3) is 2.79. The van der Waals surface area contributed by atoms with Crippen LogP contribution in [0, 0.1) is 17.8 Å². The topological polar surface area (TPSA) is 80.7 Å². The van der Waals surface area contributed by atoms with E-state index in [-0.39, 0.29) is 22.9 Å². The van der Waals surface area contributed by atoms with Crippen molar-refractivity contribution in [2.75, 3.05) is 27.7 Å². The number of carboxylic acids is 1. The van der Waals surface area contributed by atoms with Crippen LogP contribution in [-0.4, -0.2) is 65.5 Å². The van der Waals surface area contributed by atoms with E-state index in [0.29, 0.717) is 5.92 Å². The summed E-state index contributed by atoms with van der Waals surface area (Å²) in [6, 6.07) is 0. The second-order valence-corrected chi connectivity index (χ2v) is 9.15. The maximum atomic E-state index is 12.2. The molecule has 2 heterocycles. The molecule has 6 nitrogen and oxygen atoms in total. The number of rotatable bonds is 5. The fraction of sp³-hybridized carbons (Fsp3) is 0.750. The number of thioether (sulfide) groups is 1. The first kappa shape index (κ1) is 16.8. The molecular formula is C16H24N2O4S. The molecule has 3 aliphatic rings. The average molecular weight is 340 g/mol. The summed E-state index contributed by atoms with van der Waals surface area (Å²) < 4.78 is 0.897. The van der Waals surface area contributed by atoms with Gasteiger partial charge in [-0.25, -0.2) is 0 Å². The summed E-state index contributed by atoms with van der Waals surface area (Å²) in [5, 5.41) is 21.0. The predicted octanol–water partition coefficient (Wildman–Crippen LogP) is -0.408. The van der Waals surface area contributed by atoms with Crippen LogP contribution in [0.1, 0.15) is 19.8 Å². The maximum Gasteiger partial charge on any atom is 0.236 e. The molecule has 1 amide bonds. The van der Waals surface area contributed by atoms with Crippen LogP contribution in [0.5, 0.6) is 0 Å². The fourth-order valence-electron chi connectivity index (χ4n) is 3.96. The zero-order chi connectivity index (χ0) is 17.1. The van der Waals surface area contributed by atoms with Crippen molar-refractivity contribution in [1.29, 1.82) is 0 Å². The molecule has 0 spiro atoms. The summed E-state index contributed by atoms with van der Waals surface area (Å²) in [5.41, 5.74) is 0.0515. The number of carbonyl (C=O) groups excluding carboxylic acids is 2. The molecule has 128 valence electrons. The Morgan fingerprint density at radius 2 is 2.04 bits per heavy atom. The molecule has 0 radical (unpaired) electrons. The number of aliphatic carboxylic acids is 1. The largest absolute Gasteiger partial charge is 0.543 e. The minimum atomic E-state index is -1.28. The Labute approximate surface area is 140 Å². The van der Waals surface area contributed by atoms with Gasteiger partial charge >= 0.3 is 0 Å². The number of hydrogen-bond acceptors (Lipinski definition) is 5. The van der Waals surface area contributed by atoms with Crippen molar-refractivity contribution in [1.82, 2.24) is 4.90 Å². The molecule has 23 heavy (non-hydrogen) atoms. The van der Waals surface area contributed by atoms with E-state index in [1.54, 1.807) is 6.92 Å². The maximum absolute atomic E-state index is 12.2. The minimum Gasteiger partial charge on any atom is -0.543 e. The number of allylic oxidation sites excluding steroid dienone is 1. The molecule has 3 atom stereocenters. The van der Waals surface area contributed by atoms with Gasteiger partial charge in [-0.2, -0.15) is 0 Å². The standard InChI is InChI=1S/C16H24N2O4S/c1-8(19)11-14(20)17-12(16(21)22)13(23-15(11)17)10-5-9(6-10)7-18(2,3)4/h8-11,15,19H,5-7H2,1-4H3/t8-,9?,10?,11+,15-/m1/s1. The SMILES string of the molecule is C[C@@H](O)[C@H]1C(=O)N2C(C(=O)[O-])=C(C3CC(C[N+](C)(C)C)C3)S[C@H]12. The van der Waals surface area contributed by atoms with E-state index in [9.17, 15) is 19.8 Å². The normalized spacial score (nSPS) is 34.8. The Bertz CT molecular complexity index is 575. The molecule has 0 unspecified atom stereocenters. The van der Waals surface area contributed by atoms with Gasteiger partial charge in [0.05, 0.1) is 51.4 Å². The molecule has 7 heteroatoms. The van der Waals surface area contributed by atoms with Gasteiger partial charge in [0, 0.05) is 10.8 Å². The number of fused-ring (bicyclic) bond motifs is 1. The highest BCUT2D eigenvalue weighted by Gasteiger charge is 2.57. The summed E-state index contributed by atoms with van der Waals surface area (Å²) in [6.45, 7) is 2.65. The van der Waals surface area contributed by atoms with Gasteiger partial charge in [-0.05, 0) is 25.7 Å². The number of hydrogen-bond donors (Lipinski definition) is 1. The average Bonchev–Trinajstić information content (AvgIpc) is 2.66. The summed E-state index contributed by atoms with van der Waals surface area (Å²) >= 11 is 1.44. The highest BCUT2D eigenvalue weighted by Crippen LogP contribution is 2.56. The van der Waals surface area contributed by atoms with Crippen LogP contribution < -0.4 is 5.11 Å². The number of β-lactam (4-membered cyclic amide) rings is 1. The lowest BCUT2D eigenvalue weighted by molar-refractivity contribution is -0.874. The lowest BCUT2D eigenvalue weighted by Gasteiger charge is -2.44. The van der Waals surface area contributed by atoms with E-state index < -0.39 is 18.0 Å². The molecule has 0 bridgehead atoms. The van der Waals surface area contributed by atoms with Gasteiger partial charge in [0.15, 0.2) is 0 Å². The summed E-state index contributed by atoms with van der Waals surface area (Å²) in [6.07, 6.45) is 1.16. The number of aliphatic hydroxyl groups is 1. The monoisotopic (exact) mass is 340 g/mol. The lowest BCUT2D eigenvalue weighted by atomic mass is 9.73. The first-order chi connectivity index (χ1) is 10.6. The van der Waals surface area contributed by atoms with E-state index in [2.05, 4.69) is 21.1 Å². The van der Waals surface area contributed by atoms with E-state index in [1.165, 1.54) is 16.7 Å². The van der Waals surface area contributed by atoms with Crippen molar-refractivity contribution < 1.29 is 24.3 Å². The van der Waals surface area contributed by atoms with E-state index >= 15 is 0 Å². The Balaban J connectivity index is 1.73. The second-order valence-electron chi connectivity index (χ2n) is 7.99. The number of amides is 1. The van der Waals surface area contributed by atoms with Crippen molar-refractivity contribution in [3.63, 3.8) is 0 Å². The van der Waals surface area contributed by atoms with Gasteiger partial charge in [-0.1, -0.05) is 0 Å². The van der Waals surface area contributed by atoms with Crippen LogP contribution in [0.4, 0.5) is 0 Å².